The molecule has 0 fully saturated rings. The van der Waals surface area contributed by atoms with Gasteiger partial charge in [-0.05, 0) is 60.9 Å². The summed E-state index contributed by atoms with van der Waals surface area (Å²) >= 11 is 0. The lowest BCUT2D eigenvalue weighted by molar-refractivity contribution is 0.943. The summed E-state index contributed by atoms with van der Waals surface area (Å²) in [7, 11) is -1.02. The Balaban J connectivity index is 0.00000156. The first-order valence-corrected chi connectivity index (χ1v) is 16.1. The molecule has 0 aromatic heterocycles. The number of hydrogen-bond acceptors (Lipinski definition) is 0. The maximum absolute atomic E-state index is 2.34. The highest BCUT2D eigenvalue weighted by Gasteiger charge is 2.29. The topological polar surface area (TPSA) is 0 Å². The predicted octanol–water partition coefficient (Wildman–Crippen LogP) is 7.89. The molecule has 0 aliphatic heterocycles. The summed E-state index contributed by atoms with van der Waals surface area (Å²) in [6.45, 7) is 4.00. The smallest absolute Gasteiger partial charge is 0.00430 e. The normalized spacial score (nSPS) is 11.6. The van der Waals surface area contributed by atoms with Gasteiger partial charge in [-0.2, -0.15) is 0 Å². The predicted molar refractivity (Wildman–Crippen MR) is 168 cm³/mol. The van der Waals surface area contributed by atoms with Gasteiger partial charge >= 0.3 is 0 Å². The van der Waals surface area contributed by atoms with Gasteiger partial charge in [0.05, 0.1) is 0 Å². The fraction of sp³-hybridized carbons (Fsp3) is 0.143. The van der Waals surface area contributed by atoms with Crippen LogP contribution < -0.4 is 21.2 Å². The van der Waals surface area contributed by atoms with Crippen LogP contribution in [0.5, 0.6) is 0 Å². The van der Waals surface area contributed by atoms with Crippen molar-refractivity contribution in [2.24, 2.45) is 0 Å². The molecule has 0 saturated heterocycles. The van der Waals surface area contributed by atoms with Gasteiger partial charge in [0.25, 0.3) is 0 Å². The van der Waals surface area contributed by atoms with Gasteiger partial charge in [0, 0.05) is 0 Å². The van der Waals surface area contributed by atoms with Crippen LogP contribution in [0.2, 0.25) is 0 Å². The molecule has 5 aromatic carbocycles. The Labute approximate surface area is 225 Å². The van der Waals surface area contributed by atoms with E-state index in [2.05, 4.69) is 152 Å². The van der Waals surface area contributed by atoms with Gasteiger partial charge in [-0.1, -0.05) is 166 Å². The molecule has 0 heterocycles. The van der Waals surface area contributed by atoms with Crippen LogP contribution in [0.1, 0.15) is 19.4 Å². The summed E-state index contributed by atoms with van der Waals surface area (Å²) < 4.78 is 0. The van der Waals surface area contributed by atoms with E-state index in [-0.39, 0.29) is 0 Å². The van der Waals surface area contributed by atoms with Crippen LogP contribution in [-0.2, 0) is 6.42 Å². The molecule has 0 radical (unpaired) electrons. The van der Waals surface area contributed by atoms with Crippen LogP contribution in [0.3, 0.4) is 0 Å². The Kier molecular flexibility index (Phi) is 10.7. The third-order valence-electron chi connectivity index (χ3n) is 6.28. The minimum atomic E-state index is -0.535. The molecular weight excluding hydrogens is 482 g/mol. The van der Waals surface area contributed by atoms with Crippen molar-refractivity contribution in [2.75, 3.05) is 6.16 Å². The lowest BCUT2D eigenvalue weighted by Gasteiger charge is -2.32. The SMILES string of the molecule is CC.c1ccc(C[C@@H](CP(c2ccccc2)c2ccccc2)P(c2ccccc2)c2ccccc2)cc1. The molecule has 1 atom stereocenters. The van der Waals surface area contributed by atoms with Gasteiger partial charge < -0.3 is 0 Å². The highest BCUT2D eigenvalue weighted by Crippen LogP contribution is 2.47. The zero-order valence-electron chi connectivity index (χ0n) is 21.8. The monoisotopic (exact) mass is 518 g/mol. The second-order valence-corrected chi connectivity index (χ2v) is 13.4. The molecule has 0 saturated carbocycles. The first-order valence-electron chi connectivity index (χ1n) is 13.2. The van der Waals surface area contributed by atoms with Crippen molar-refractivity contribution in [1.82, 2.24) is 0 Å². The molecular formula is C35H36P2. The molecule has 0 unspecified atom stereocenters. The highest BCUT2D eigenvalue weighted by molar-refractivity contribution is 7.77. The van der Waals surface area contributed by atoms with Crippen molar-refractivity contribution in [3.05, 3.63) is 157 Å². The van der Waals surface area contributed by atoms with E-state index in [1.54, 1.807) is 0 Å². The van der Waals surface area contributed by atoms with Crippen molar-refractivity contribution in [2.45, 2.75) is 25.9 Å². The Morgan fingerprint density at radius 3 is 1.14 bits per heavy atom. The van der Waals surface area contributed by atoms with Gasteiger partial charge in [0.15, 0.2) is 0 Å². The number of benzene rings is 5. The van der Waals surface area contributed by atoms with E-state index < -0.39 is 15.8 Å². The average Bonchev–Trinajstić information content (AvgIpc) is 2.99. The van der Waals surface area contributed by atoms with Crippen molar-refractivity contribution < 1.29 is 0 Å². The number of rotatable bonds is 9. The van der Waals surface area contributed by atoms with Gasteiger partial charge in [-0.25, -0.2) is 0 Å². The molecule has 0 aliphatic rings. The van der Waals surface area contributed by atoms with E-state index in [0.29, 0.717) is 5.66 Å². The lowest BCUT2D eigenvalue weighted by atomic mass is 10.1. The van der Waals surface area contributed by atoms with Crippen LogP contribution in [0.25, 0.3) is 0 Å². The van der Waals surface area contributed by atoms with Crippen molar-refractivity contribution in [3.8, 4) is 0 Å². The lowest BCUT2D eigenvalue weighted by Crippen LogP contribution is -2.29. The summed E-state index contributed by atoms with van der Waals surface area (Å²) in [5.74, 6) is 0. The number of hydrogen-bond donors (Lipinski definition) is 0. The van der Waals surface area contributed by atoms with Crippen LogP contribution >= 0.6 is 15.8 Å². The molecule has 0 N–H and O–H groups in total. The Morgan fingerprint density at radius 1 is 0.432 bits per heavy atom. The Bertz CT molecular complexity index is 1200. The third kappa shape index (κ3) is 7.49. The van der Waals surface area contributed by atoms with Crippen LogP contribution in [0.15, 0.2) is 152 Å². The van der Waals surface area contributed by atoms with Gasteiger partial charge in [0.1, 0.15) is 0 Å². The molecule has 0 aliphatic carbocycles. The zero-order valence-corrected chi connectivity index (χ0v) is 23.6. The molecule has 2 heteroatoms. The van der Waals surface area contributed by atoms with Crippen LogP contribution in [0, 0.1) is 0 Å². The summed E-state index contributed by atoms with van der Waals surface area (Å²) in [5.41, 5.74) is 1.94. The van der Waals surface area contributed by atoms with Gasteiger partial charge in [-0.3, -0.25) is 0 Å². The van der Waals surface area contributed by atoms with Crippen LogP contribution in [0.4, 0.5) is 0 Å². The Hall–Kier alpha value is -3.04. The third-order valence-corrected chi connectivity index (χ3v) is 12.0. The van der Waals surface area contributed by atoms with E-state index in [9.17, 15) is 0 Å². The largest absolute Gasteiger partial charge is 0.0683 e. The quantitative estimate of drug-likeness (QED) is 0.174. The molecule has 0 bridgehead atoms. The molecule has 0 spiro atoms. The van der Waals surface area contributed by atoms with Crippen molar-refractivity contribution in [1.29, 1.82) is 0 Å². The zero-order chi connectivity index (χ0) is 25.7. The van der Waals surface area contributed by atoms with Crippen molar-refractivity contribution in [3.63, 3.8) is 0 Å². The van der Waals surface area contributed by atoms with E-state index in [1.807, 2.05) is 13.8 Å². The van der Waals surface area contributed by atoms with Gasteiger partial charge in [0.2, 0.25) is 0 Å². The minimum absolute atomic E-state index is 0.483. The fourth-order valence-corrected chi connectivity index (χ4v) is 10.7. The maximum atomic E-state index is 2.34. The summed E-state index contributed by atoms with van der Waals surface area (Å²) in [4.78, 5) is 0. The molecule has 186 valence electrons. The first kappa shape index (κ1) is 27.0. The molecule has 0 nitrogen and oxygen atoms in total. The van der Waals surface area contributed by atoms with E-state index in [0.717, 1.165) is 12.6 Å². The van der Waals surface area contributed by atoms with E-state index in [4.69, 9.17) is 0 Å². The molecule has 0 amide bonds. The summed E-state index contributed by atoms with van der Waals surface area (Å²) in [6, 6.07) is 55.8. The minimum Gasteiger partial charge on any atom is -0.0683 e. The van der Waals surface area contributed by atoms with Crippen LogP contribution in [-0.4, -0.2) is 11.8 Å². The fourth-order valence-electron chi connectivity index (χ4n) is 4.66. The molecule has 5 rings (SSSR count). The standard InChI is InChI=1S/C33H30P2.C2H6/c1-6-16-28(17-7-1)26-33(35(31-22-12-4-13-23-31)32-24-14-5-15-25-32)27-34(29-18-8-2-9-19-29)30-20-10-3-11-21-30;1-2/h1-25,33H,26-27H2;1-2H3/t33-;/m0./s1. The first-order chi connectivity index (χ1) is 18.4. The van der Waals surface area contributed by atoms with Crippen molar-refractivity contribution >= 4 is 37.1 Å². The van der Waals surface area contributed by atoms with E-state index >= 15 is 0 Å². The molecule has 5 aromatic rings. The molecule has 37 heavy (non-hydrogen) atoms. The summed E-state index contributed by atoms with van der Waals surface area (Å²) in [5, 5.41) is 5.85. The summed E-state index contributed by atoms with van der Waals surface area (Å²) in [6.07, 6.45) is 2.24. The second-order valence-electron chi connectivity index (χ2n) is 8.67. The van der Waals surface area contributed by atoms with Gasteiger partial charge in [-0.15, -0.1) is 0 Å². The Morgan fingerprint density at radius 2 is 0.757 bits per heavy atom. The van der Waals surface area contributed by atoms with E-state index in [1.165, 1.54) is 26.8 Å². The second kappa shape index (κ2) is 14.6. The highest BCUT2D eigenvalue weighted by atomic mass is 31.1. The maximum Gasteiger partial charge on any atom is -0.00430 e. The average molecular weight is 519 g/mol.